The predicted octanol–water partition coefficient (Wildman–Crippen LogP) is 3.12. The number of carbonyl (C=O) groups excluding carboxylic acids is 1. The molecule has 17 heavy (non-hydrogen) atoms. The molecule has 0 unspecified atom stereocenters. The summed E-state index contributed by atoms with van der Waals surface area (Å²) in [6.45, 7) is 0. The molecule has 0 aromatic carbocycles. The molecule has 2 aromatic heterocycles. The zero-order valence-corrected chi connectivity index (χ0v) is 11.6. The van der Waals surface area contributed by atoms with Gasteiger partial charge in [0.15, 0.2) is 15.6 Å². The van der Waals surface area contributed by atoms with E-state index in [1.54, 1.807) is 23.6 Å². The van der Waals surface area contributed by atoms with Crippen LogP contribution in [-0.2, 0) is 9.84 Å². The Morgan fingerprint density at radius 2 is 2.06 bits per heavy atom. The van der Waals surface area contributed by atoms with Crippen LogP contribution >= 0.6 is 34.3 Å². The maximum absolute atomic E-state index is 11.8. The van der Waals surface area contributed by atoms with Crippen molar-refractivity contribution in [2.75, 3.05) is 5.75 Å². The summed E-state index contributed by atoms with van der Waals surface area (Å²) in [6, 6.07) is 6.26. The first kappa shape index (κ1) is 12.8. The average Bonchev–Trinajstić information content (AvgIpc) is 2.86. The Morgan fingerprint density at radius 3 is 2.59 bits per heavy atom. The third-order valence-electron chi connectivity index (χ3n) is 1.97. The van der Waals surface area contributed by atoms with Crippen molar-refractivity contribution < 1.29 is 13.2 Å². The largest absolute Gasteiger partial charge is 0.292 e. The molecule has 0 amide bonds. The second-order valence-electron chi connectivity index (χ2n) is 3.22. The number of hydrogen-bond acceptors (Lipinski definition) is 5. The summed E-state index contributed by atoms with van der Waals surface area (Å²) < 4.78 is 24.4. The lowest BCUT2D eigenvalue weighted by atomic mass is 10.4. The van der Waals surface area contributed by atoms with Crippen molar-refractivity contribution in [2.24, 2.45) is 0 Å². The van der Waals surface area contributed by atoms with Gasteiger partial charge in [0.2, 0.25) is 0 Å². The number of carbonyl (C=O) groups is 1. The molecule has 0 aliphatic rings. The molecular formula is C10H7ClO3S3. The molecule has 90 valence electrons. The van der Waals surface area contributed by atoms with Crippen molar-refractivity contribution in [1.29, 1.82) is 0 Å². The summed E-state index contributed by atoms with van der Waals surface area (Å²) in [5.74, 6) is -0.931. The van der Waals surface area contributed by atoms with E-state index in [1.165, 1.54) is 6.07 Å². The molecule has 0 atom stereocenters. The van der Waals surface area contributed by atoms with Gasteiger partial charge in [-0.1, -0.05) is 17.7 Å². The van der Waals surface area contributed by atoms with E-state index in [0.717, 1.165) is 22.7 Å². The lowest BCUT2D eigenvalue weighted by Crippen LogP contribution is -2.14. The van der Waals surface area contributed by atoms with Gasteiger partial charge in [0.05, 0.1) is 9.21 Å². The summed E-state index contributed by atoms with van der Waals surface area (Å²) in [6.07, 6.45) is 0. The van der Waals surface area contributed by atoms with Gasteiger partial charge in [0.25, 0.3) is 0 Å². The predicted molar refractivity (Wildman–Crippen MR) is 70.0 cm³/mol. The second kappa shape index (κ2) is 4.89. The summed E-state index contributed by atoms with van der Waals surface area (Å²) in [5.41, 5.74) is 0. The van der Waals surface area contributed by atoms with Crippen LogP contribution in [0.25, 0.3) is 0 Å². The highest BCUT2D eigenvalue weighted by Crippen LogP contribution is 2.24. The Morgan fingerprint density at radius 1 is 1.29 bits per heavy atom. The normalized spacial score (nSPS) is 11.6. The minimum Gasteiger partial charge on any atom is -0.292 e. The Hall–Kier alpha value is -0.690. The number of hydrogen-bond donors (Lipinski definition) is 0. The van der Waals surface area contributed by atoms with Crippen molar-refractivity contribution in [3.8, 4) is 0 Å². The van der Waals surface area contributed by atoms with Gasteiger partial charge in [-0.05, 0) is 23.6 Å². The van der Waals surface area contributed by atoms with Crippen LogP contribution in [0.1, 0.15) is 9.67 Å². The molecule has 2 rings (SSSR count). The van der Waals surface area contributed by atoms with E-state index in [9.17, 15) is 13.2 Å². The van der Waals surface area contributed by atoms with Crippen LogP contribution in [-0.4, -0.2) is 20.0 Å². The van der Waals surface area contributed by atoms with Crippen LogP contribution in [0.5, 0.6) is 0 Å². The zero-order chi connectivity index (χ0) is 12.5. The maximum atomic E-state index is 11.8. The molecular weight excluding hydrogens is 300 g/mol. The van der Waals surface area contributed by atoms with Gasteiger partial charge >= 0.3 is 0 Å². The summed E-state index contributed by atoms with van der Waals surface area (Å²) >= 11 is 7.89. The zero-order valence-electron chi connectivity index (χ0n) is 8.42. The highest BCUT2D eigenvalue weighted by atomic mass is 35.5. The number of sulfone groups is 1. The van der Waals surface area contributed by atoms with E-state index >= 15 is 0 Å². The molecule has 0 saturated heterocycles. The smallest absolute Gasteiger partial charge is 0.195 e. The standard InChI is InChI=1S/C10H7ClO3S3/c11-9-4-3-8(16-9)7(12)6-17(13,14)10-2-1-5-15-10/h1-5H,6H2. The number of halogens is 1. The third kappa shape index (κ3) is 2.95. The Labute approximate surface area is 112 Å². The molecule has 7 heteroatoms. The van der Waals surface area contributed by atoms with Crippen LogP contribution in [0.4, 0.5) is 0 Å². The fourth-order valence-corrected chi connectivity index (χ4v) is 4.60. The van der Waals surface area contributed by atoms with Gasteiger partial charge in [0.1, 0.15) is 9.96 Å². The van der Waals surface area contributed by atoms with Crippen molar-refractivity contribution in [1.82, 2.24) is 0 Å². The molecule has 3 nitrogen and oxygen atoms in total. The average molecular weight is 307 g/mol. The van der Waals surface area contributed by atoms with Crippen molar-refractivity contribution in [3.05, 3.63) is 38.9 Å². The molecule has 0 bridgehead atoms. The molecule has 0 aliphatic heterocycles. The van der Waals surface area contributed by atoms with E-state index in [2.05, 4.69) is 0 Å². The first-order valence-corrected chi connectivity index (χ1v) is 8.26. The third-order valence-corrected chi connectivity index (χ3v) is 6.35. The first-order chi connectivity index (χ1) is 7.99. The summed E-state index contributed by atoms with van der Waals surface area (Å²) in [7, 11) is -3.52. The van der Waals surface area contributed by atoms with Crippen molar-refractivity contribution in [3.63, 3.8) is 0 Å². The van der Waals surface area contributed by atoms with Crippen LogP contribution in [0, 0.1) is 0 Å². The van der Waals surface area contributed by atoms with Crippen molar-refractivity contribution in [2.45, 2.75) is 4.21 Å². The van der Waals surface area contributed by atoms with Crippen LogP contribution in [0.3, 0.4) is 0 Å². The van der Waals surface area contributed by atoms with Crippen LogP contribution in [0.2, 0.25) is 4.34 Å². The van der Waals surface area contributed by atoms with Crippen LogP contribution < -0.4 is 0 Å². The lowest BCUT2D eigenvalue weighted by Gasteiger charge is -1.99. The van der Waals surface area contributed by atoms with E-state index in [1.807, 2.05) is 0 Å². The highest BCUT2D eigenvalue weighted by molar-refractivity contribution is 7.94. The van der Waals surface area contributed by atoms with E-state index in [0.29, 0.717) is 9.21 Å². The summed E-state index contributed by atoms with van der Waals surface area (Å²) in [5, 5.41) is 1.67. The minimum absolute atomic E-state index is 0.216. The van der Waals surface area contributed by atoms with Crippen LogP contribution in [0.15, 0.2) is 33.9 Å². The number of rotatable bonds is 4. The fourth-order valence-electron chi connectivity index (χ4n) is 1.22. The van der Waals surface area contributed by atoms with E-state index in [4.69, 9.17) is 11.6 Å². The molecule has 0 N–H and O–H groups in total. The van der Waals surface area contributed by atoms with Gasteiger partial charge in [-0.15, -0.1) is 22.7 Å². The Balaban J connectivity index is 2.20. The van der Waals surface area contributed by atoms with Gasteiger partial charge < -0.3 is 0 Å². The molecule has 2 aromatic rings. The molecule has 0 fully saturated rings. The van der Waals surface area contributed by atoms with E-state index < -0.39 is 21.4 Å². The molecule has 0 saturated carbocycles. The number of Topliss-reactive ketones (excluding diaryl/α,β-unsaturated/α-hetero) is 1. The second-order valence-corrected chi connectivity index (χ2v) is 8.10. The van der Waals surface area contributed by atoms with E-state index in [-0.39, 0.29) is 4.21 Å². The number of ketones is 1. The Kier molecular flexibility index (Phi) is 3.67. The molecule has 0 aliphatic carbocycles. The quantitative estimate of drug-likeness (QED) is 0.816. The first-order valence-electron chi connectivity index (χ1n) is 4.54. The van der Waals surface area contributed by atoms with Gasteiger partial charge in [-0.2, -0.15) is 0 Å². The lowest BCUT2D eigenvalue weighted by molar-refractivity contribution is 0.102. The molecule has 2 heterocycles. The number of thiophene rings is 2. The Bertz CT molecular complexity index is 626. The topological polar surface area (TPSA) is 51.2 Å². The van der Waals surface area contributed by atoms with Gasteiger partial charge in [-0.3, -0.25) is 4.79 Å². The van der Waals surface area contributed by atoms with Gasteiger partial charge in [0, 0.05) is 0 Å². The molecule has 0 radical (unpaired) electrons. The maximum Gasteiger partial charge on any atom is 0.195 e. The molecule has 0 spiro atoms. The highest BCUT2D eigenvalue weighted by Gasteiger charge is 2.22. The monoisotopic (exact) mass is 306 g/mol. The fraction of sp³-hybridized carbons (Fsp3) is 0.100. The minimum atomic E-state index is -3.52. The SMILES string of the molecule is O=C(CS(=O)(=O)c1cccs1)c1ccc(Cl)s1. The van der Waals surface area contributed by atoms with Crippen molar-refractivity contribution >= 4 is 49.9 Å². The summed E-state index contributed by atoms with van der Waals surface area (Å²) in [4.78, 5) is 12.1. The van der Waals surface area contributed by atoms with Gasteiger partial charge in [-0.25, -0.2) is 8.42 Å².